The van der Waals surface area contributed by atoms with Gasteiger partial charge in [0, 0.05) is 4.88 Å². The highest BCUT2D eigenvalue weighted by Crippen LogP contribution is 2.35. The summed E-state index contributed by atoms with van der Waals surface area (Å²) in [7, 11) is 0. The number of carbonyl (C=O) groups excluding carboxylic acids is 3. The predicted molar refractivity (Wildman–Crippen MR) is 114 cm³/mol. The van der Waals surface area contributed by atoms with Crippen LogP contribution in [0.3, 0.4) is 0 Å². The number of hydrogen-bond donors (Lipinski definition) is 2. The van der Waals surface area contributed by atoms with Crippen LogP contribution >= 0.6 is 11.3 Å². The summed E-state index contributed by atoms with van der Waals surface area (Å²) in [5, 5.41) is 4.11. The molecule has 1 atom stereocenters. The van der Waals surface area contributed by atoms with Gasteiger partial charge in [-0.3, -0.25) is 24.4 Å². The van der Waals surface area contributed by atoms with Gasteiger partial charge in [-0.05, 0) is 43.6 Å². The number of rotatable bonds is 3. The third-order valence-corrected chi connectivity index (χ3v) is 7.86. The monoisotopic (exact) mass is 443 g/mol. The van der Waals surface area contributed by atoms with E-state index in [1.165, 1.54) is 15.8 Å². The first-order valence-corrected chi connectivity index (χ1v) is 11.7. The number of aryl methyl sites for hydroxylation is 1. The molecule has 1 saturated carbocycles. The molecule has 5 rings (SSSR count). The number of thiophene rings is 1. The van der Waals surface area contributed by atoms with Crippen LogP contribution in [0.25, 0.3) is 10.2 Å². The van der Waals surface area contributed by atoms with E-state index in [-0.39, 0.29) is 12.1 Å². The Balaban J connectivity index is 1.35. The molecule has 0 aromatic carbocycles. The SMILES string of the molecule is CC1CCc2c(sc3ncn(CC(=O)NN4C(=O)NC5(CCCCC5)C4=O)c(=O)c23)C1. The van der Waals surface area contributed by atoms with Gasteiger partial charge >= 0.3 is 6.03 Å². The Morgan fingerprint density at radius 3 is 2.84 bits per heavy atom. The maximum atomic E-state index is 13.1. The van der Waals surface area contributed by atoms with Crippen molar-refractivity contribution in [1.29, 1.82) is 0 Å². The Hall–Kier alpha value is -2.75. The minimum absolute atomic E-state index is 0.256. The second kappa shape index (κ2) is 7.44. The van der Waals surface area contributed by atoms with Gasteiger partial charge in [0.1, 0.15) is 16.9 Å². The first kappa shape index (κ1) is 20.2. The number of aromatic nitrogens is 2. The molecule has 31 heavy (non-hydrogen) atoms. The molecule has 164 valence electrons. The Labute approximate surface area is 182 Å². The van der Waals surface area contributed by atoms with Crippen LogP contribution < -0.4 is 16.3 Å². The van der Waals surface area contributed by atoms with Crippen LogP contribution in [-0.2, 0) is 29.0 Å². The lowest BCUT2D eigenvalue weighted by Crippen LogP contribution is -2.51. The minimum Gasteiger partial charge on any atom is -0.322 e. The second-order valence-corrected chi connectivity index (χ2v) is 10.0. The van der Waals surface area contributed by atoms with Gasteiger partial charge in [0.25, 0.3) is 17.4 Å². The largest absolute Gasteiger partial charge is 0.344 e. The lowest BCUT2D eigenvalue weighted by molar-refractivity contribution is -0.140. The Morgan fingerprint density at radius 1 is 1.29 bits per heavy atom. The standard InChI is InChI=1S/C21H25N5O4S/c1-12-5-6-13-14(9-12)31-17-16(13)18(28)25(11-22-17)10-15(27)24-26-19(29)21(23-20(26)30)7-3-2-4-8-21/h11-12H,2-10H2,1H3,(H,23,30)(H,24,27). The van der Waals surface area contributed by atoms with E-state index in [2.05, 4.69) is 22.7 Å². The number of nitrogens with one attached hydrogen (secondary N) is 2. The Morgan fingerprint density at radius 2 is 2.06 bits per heavy atom. The van der Waals surface area contributed by atoms with Gasteiger partial charge in [0.2, 0.25) is 0 Å². The predicted octanol–water partition coefficient (Wildman–Crippen LogP) is 1.87. The van der Waals surface area contributed by atoms with Gasteiger partial charge in [0.15, 0.2) is 0 Å². The molecule has 1 aliphatic heterocycles. The first-order valence-electron chi connectivity index (χ1n) is 10.8. The lowest BCUT2D eigenvalue weighted by Gasteiger charge is -2.30. The average molecular weight is 444 g/mol. The van der Waals surface area contributed by atoms with E-state index in [4.69, 9.17) is 0 Å². The zero-order valence-electron chi connectivity index (χ0n) is 17.4. The van der Waals surface area contributed by atoms with E-state index >= 15 is 0 Å². The van der Waals surface area contributed by atoms with Gasteiger partial charge in [0.05, 0.1) is 11.7 Å². The van der Waals surface area contributed by atoms with E-state index in [0.717, 1.165) is 49.1 Å². The molecule has 9 nitrogen and oxygen atoms in total. The van der Waals surface area contributed by atoms with Crippen LogP contribution in [0, 0.1) is 5.92 Å². The van der Waals surface area contributed by atoms with Crippen LogP contribution in [0.1, 0.15) is 55.9 Å². The highest BCUT2D eigenvalue weighted by Gasteiger charge is 2.52. The van der Waals surface area contributed by atoms with Crippen LogP contribution in [0.4, 0.5) is 4.79 Å². The summed E-state index contributed by atoms with van der Waals surface area (Å²) in [5.41, 5.74) is 2.27. The van der Waals surface area contributed by atoms with E-state index < -0.39 is 23.4 Å². The second-order valence-electron chi connectivity index (χ2n) is 8.96. The van der Waals surface area contributed by atoms with Crippen molar-refractivity contribution in [3.8, 4) is 0 Å². The topological polar surface area (TPSA) is 113 Å². The fraction of sp³-hybridized carbons (Fsp3) is 0.571. The molecule has 2 fully saturated rings. The molecular weight excluding hydrogens is 418 g/mol. The van der Waals surface area contributed by atoms with Gasteiger partial charge in [-0.25, -0.2) is 9.78 Å². The molecule has 2 aliphatic carbocycles. The summed E-state index contributed by atoms with van der Waals surface area (Å²) in [6.45, 7) is 1.89. The summed E-state index contributed by atoms with van der Waals surface area (Å²) < 4.78 is 1.25. The summed E-state index contributed by atoms with van der Waals surface area (Å²) in [6, 6.07) is -0.623. The molecule has 3 heterocycles. The van der Waals surface area contributed by atoms with E-state index in [1.54, 1.807) is 11.3 Å². The number of imide groups is 1. The molecule has 1 unspecified atom stereocenters. The minimum atomic E-state index is -0.910. The molecule has 1 saturated heterocycles. The number of carbonyl (C=O) groups is 3. The van der Waals surface area contributed by atoms with Crippen LogP contribution in [0.15, 0.2) is 11.1 Å². The van der Waals surface area contributed by atoms with Gasteiger partial charge in [-0.2, -0.15) is 5.01 Å². The highest BCUT2D eigenvalue weighted by atomic mass is 32.1. The van der Waals surface area contributed by atoms with Crippen LogP contribution in [-0.4, -0.2) is 37.9 Å². The number of amides is 4. The van der Waals surface area contributed by atoms with Crippen molar-refractivity contribution in [2.45, 2.75) is 70.4 Å². The zero-order chi connectivity index (χ0) is 21.8. The normalized spacial score (nSPS) is 22.6. The molecule has 2 aromatic rings. The third kappa shape index (κ3) is 3.33. The quantitative estimate of drug-likeness (QED) is 0.703. The van der Waals surface area contributed by atoms with Crippen molar-refractivity contribution in [2.75, 3.05) is 0 Å². The van der Waals surface area contributed by atoms with Crippen LogP contribution in [0.2, 0.25) is 0 Å². The molecule has 2 aromatic heterocycles. The van der Waals surface area contributed by atoms with Crippen molar-refractivity contribution in [3.05, 3.63) is 27.1 Å². The van der Waals surface area contributed by atoms with Crippen molar-refractivity contribution in [1.82, 2.24) is 25.3 Å². The van der Waals surface area contributed by atoms with Crippen molar-refractivity contribution in [2.24, 2.45) is 5.92 Å². The zero-order valence-corrected chi connectivity index (χ0v) is 18.2. The molecule has 2 N–H and O–H groups in total. The van der Waals surface area contributed by atoms with E-state index in [1.807, 2.05) is 0 Å². The summed E-state index contributed by atoms with van der Waals surface area (Å²) in [4.78, 5) is 57.2. The van der Waals surface area contributed by atoms with Crippen LogP contribution in [0.5, 0.6) is 0 Å². The van der Waals surface area contributed by atoms with E-state index in [9.17, 15) is 19.2 Å². The van der Waals surface area contributed by atoms with E-state index in [0.29, 0.717) is 29.0 Å². The van der Waals surface area contributed by atoms with Crippen molar-refractivity contribution >= 4 is 39.4 Å². The number of nitrogens with zero attached hydrogens (tertiary/aromatic N) is 3. The molecule has 0 bridgehead atoms. The number of hydrazine groups is 1. The van der Waals surface area contributed by atoms with Gasteiger partial charge < -0.3 is 5.32 Å². The smallest absolute Gasteiger partial charge is 0.322 e. The Kier molecular flexibility index (Phi) is 4.84. The molecule has 0 radical (unpaired) electrons. The van der Waals surface area contributed by atoms with Gasteiger partial charge in [-0.15, -0.1) is 11.3 Å². The fourth-order valence-electron chi connectivity index (χ4n) is 5.01. The maximum Gasteiger partial charge on any atom is 0.344 e. The maximum absolute atomic E-state index is 13.1. The highest BCUT2D eigenvalue weighted by molar-refractivity contribution is 7.18. The number of hydrogen-bond acceptors (Lipinski definition) is 6. The Bertz CT molecular complexity index is 1150. The fourth-order valence-corrected chi connectivity index (χ4v) is 6.35. The molecule has 10 heteroatoms. The first-order chi connectivity index (χ1) is 14.9. The molecule has 4 amide bonds. The molecular formula is C21H25N5O4S. The summed E-state index contributed by atoms with van der Waals surface area (Å²) in [5.74, 6) is -0.449. The van der Waals surface area contributed by atoms with Crippen molar-refractivity contribution < 1.29 is 14.4 Å². The summed E-state index contributed by atoms with van der Waals surface area (Å²) >= 11 is 1.55. The molecule has 3 aliphatic rings. The lowest BCUT2D eigenvalue weighted by atomic mass is 9.82. The van der Waals surface area contributed by atoms with Gasteiger partial charge in [-0.1, -0.05) is 26.2 Å². The van der Waals surface area contributed by atoms with Crippen molar-refractivity contribution in [3.63, 3.8) is 0 Å². The molecule has 1 spiro atoms. The third-order valence-electron chi connectivity index (χ3n) is 6.70. The summed E-state index contributed by atoms with van der Waals surface area (Å²) in [6.07, 6.45) is 8.08. The average Bonchev–Trinajstić information content (AvgIpc) is 3.21. The number of fused-ring (bicyclic) bond motifs is 3. The number of urea groups is 1.